The zero-order chi connectivity index (χ0) is 23.8. The highest BCUT2D eigenvalue weighted by atomic mass is 16.5. The fourth-order valence-corrected chi connectivity index (χ4v) is 4.33. The maximum Gasteiger partial charge on any atom is 0.325 e. The number of aliphatic hydroxyl groups excluding tert-OH is 1. The molecule has 1 heterocycles. The summed E-state index contributed by atoms with van der Waals surface area (Å²) in [4.78, 5) is 32.9. The van der Waals surface area contributed by atoms with Crippen molar-refractivity contribution in [2.75, 3.05) is 26.3 Å². The van der Waals surface area contributed by atoms with Gasteiger partial charge in [0.1, 0.15) is 12.3 Å². The summed E-state index contributed by atoms with van der Waals surface area (Å²) >= 11 is 0. The number of benzene rings is 1. The molecule has 0 spiro atoms. The van der Waals surface area contributed by atoms with E-state index in [1.807, 2.05) is 11.0 Å². The highest BCUT2D eigenvalue weighted by Crippen LogP contribution is 2.29. The van der Waals surface area contributed by atoms with Crippen molar-refractivity contribution < 1.29 is 24.2 Å². The summed E-state index contributed by atoms with van der Waals surface area (Å²) in [6.07, 6.45) is 5.85. The van der Waals surface area contributed by atoms with Crippen molar-refractivity contribution in [3.05, 3.63) is 23.8 Å². The second kappa shape index (κ2) is 11.9. The van der Waals surface area contributed by atoms with Gasteiger partial charge >= 0.3 is 5.97 Å². The maximum atomic E-state index is 12.9. The van der Waals surface area contributed by atoms with Crippen LogP contribution in [-0.4, -0.2) is 71.2 Å². The van der Waals surface area contributed by atoms with Crippen molar-refractivity contribution in [1.29, 1.82) is 0 Å². The number of aliphatic hydroxyl groups is 1. The monoisotopic (exact) mass is 460 g/mol. The second-order valence-corrected chi connectivity index (χ2v) is 8.90. The minimum atomic E-state index is -0.365. The molecule has 1 amide bonds. The van der Waals surface area contributed by atoms with E-state index >= 15 is 0 Å². The minimum absolute atomic E-state index is 0.0116. The first-order chi connectivity index (χ1) is 15.9. The number of hydrogen-bond donors (Lipinski definition) is 2. The van der Waals surface area contributed by atoms with Crippen molar-refractivity contribution in [3.63, 3.8) is 0 Å². The molecule has 1 aromatic carbocycles. The zero-order valence-electron chi connectivity index (χ0n) is 19.7. The average molecular weight is 461 g/mol. The lowest BCUT2D eigenvalue weighted by Gasteiger charge is -2.34. The molecule has 0 radical (unpaired) electrons. The molecule has 9 nitrogen and oxygen atoms in total. The largest absolute Gasteiger partial charge is 0.484 e. The second-order valence-electron chi connectivity index (χ2n) is 8.90. The quantitative estimate of drug-likeness (QED) is 0.515. The van der Waals surface area contributed by atoms with Crippen LogP contribution in [0.15, 0.2) is 23.2 Å². The van der Waals surface area contributed by atoms with Gasteiger partial charge in [-0.1, -0.05) is 19.3 Å². The van der Waals surface area contributed by atoms with Crippen molar-refractivity contribution in [2.45, 2.75) is 71.1 Å². The van der Waals surface area contributed by atoms with Crippen LogP contribution >= 0.6 is 0 Å². The van der Waals surface area contributed by atoms with Gasteiger partial charge in [0.15, 0.2) is 12.6 Å². The van der Waals surface area contributed by atoms with E-state index in [1.54, 1.807) is 30.9 Å². The maximum absolute atomic E-state index is 12.9. The molecule has 3 N–H and O–H groups in total. The van der Waals surface area contributed by atoms with E-state index in [0.29, 0.717) is 30.9 Å². The number of guanidine groups is 1. The number of carbonyl (C=O) groups excluding carboxylic acids is 2. The van der Waals surface area contributed by atoms with Crippen molar-refractivity contribution in [1.82, 2.24) is 9.80 Å². The number of hydrogen-bond acceptors (Lipinski definition) is 8. The normalized spacial score (nSPS) is 16.2. The molecule has 33 heavy (non-hydrogen) atoms. The molecule has 1 aliphatic heterocycles. The van der Waals surface area contributed by atoms with Gasteiger partial charge in [0.25, 0.3) is 5.91 Å². The predicted octanol–water partition coefficient (Wildman–Crippen LogP) is 2.32. The first-order valence-electron chi connectivity index (χ1n) is 11.8. The van der Waals surface area contributed by atoms with Crippen LogP contribution in [0.2, 0.25) is 0 Å². The van der Waals surface area contributed by atoms with Crippen LogP contribution in [0, 0.1) is 0 Å². The molecule has 0 atom stereocenters. The SMILES string of the molecule is CC(C)OC(=O)CN1Cc2cc(OCC(=O)N(CCCO)C3CCCCC3)ccc2N=C1N. The van der Waals surface area contributed by atoms with Gasteiger partial charge in [0.2, 0.25) is 0 Å². The van der Waals surface area contributed by atoms with Crippen LogP contribution in [0.4, 0.5) is 5.69 Å². The number of amides is 1. The molecule has 1 saturated carbocycles. The highest BCUT2D eigenvalue weighted by Gasteiger charge is 2.26. The third-order valence-corrected chi connectivity index (χ3v) is 5.91. The molecular weight excluding hydrogens is 424 g/mol. The van der Waals surface area contributed by atoms with Gasteiger partial charge in [-0.25, -0.2) is 4.99 Å². The summed E-state index contributed by atoms with van der Waals surface area (Å²) in [6, 6.07) is 5.63. The summed E-state index contributed by atoms with van der Waals surface area (Å²) in [5.74, 6) is 0.399. The van der Waals surface area contributed by atoms with E-state index in [1.165, 1.54) is 6.42 Å². The molecule has 182 valence electrons. The van der Waals surface area contributed by atoms with Crippen molar-refractivity contribution in [2.24, 2.45) is 10.7 Å². The highest BCUT2D eigenvalue weighted by molar-refractivity contribution is 5.87. The number of rotatable bonds is 10. The lowest BCUT2D eigenvalue weighted by atomic mass is 9.94. The number of nitrogens with two attached hydrogens (primary N) is 1. The third kappa shape index (κ3) is 7.08. The van der Waals surface area contributed by atoms with E-state index in [9.17, 15) is 14.7 Å². The Kier molecular flexibility index (Phi) is 8.94. The number of aliphatic imine (C=N–C) groups is 1. The molecule has 9 heteroatoms. The van der Waals surface area contributed by atoms with E-state index in [4.69, 9.17) is 15.2 Å². The lowest BCUT2D eigenvalue weighted by molar-refractivity contribution is -0.147. The summed E-state index contributed by atoms with van der Waals surface area (Å²) < 4.78 is 11.0. The van der Waals surface area contributed by atoms with Crippen LogP contribution < -0.4 is 10.5 Å². The Morgan fingerprint density at radius 3 is 2.73 bits per heavy atom. The average Bonchev–Trinajstić information content (AvgIpc) is 2.78. The summed E-state index contributed by atoms with van der Waals surface area (Å²) in [6.45, 7) is 4.55. The molecular formula is C24H36N4O5. The van der Waals surface area contributed by atoms with E-state index in [2.05, 4.69) is 4.99 Å². The van der Waals surface area contributed by atoms with E-state index in [-0.39, 0.29) is 49.7 Å². The summed E-state index contributed by atoms with van der Waals surface area (Å²) in [7, 11) is 0. The van der Waals surface area contributed by atoms with Crippen molar-refractivity contribution in [3.8, 4) is 5.75 Å². The number of carbonyl (C=O) groups is 2. The minimum Gasteiger partial charge on any atom is -0.484 e. The number of fused-ring (bicyclic) bond motifs is 1. The topological polar surface area (TPSA) is 118 Å². The predicted molar refractivity (Wildman–Crippen MR) is 125 cm³/mol. The van der Waals surface area contributed by atoms with Crippen LogP contribution in [0.5, 0.6) is 5.75 Å². The Hall–Kier alpha value is -2.81. The van der Waals surface area contributed by atoms with Crippen LogP contribution in [-0.2, 0) is 20.9 Å². The molecule has 1 aliphatic carbocycles. The first kappa shape index (κ1) is 24.8. The first-order valence-corrected chi connectivity index (χ1v) is 11.8. The standard InChI is InChI=1S/C24H36N4O5/c1-17(2)33-23(31)15-27-14-18-13-20(9-10-21(18)26-24(27)25)32-16-22(30)28(11-6-12-29)19-7-4-3-5-8-19/h9-10,13,17,19,29H,3-8,11-12,14-16H2,1-2H3,(H2,25,26). The Morgan fingerprint density at radius 2 is 2.03 bits per heavy atom. The molecule has 0 unspecified atom stereocenters. The molecule has 0 bridgehead atoms. The molecule has 2 aliphatic rings. The van der Waals surface area contributed by atoms with Crippen molar-refractivity contribution >= 4 is 23.5 Å². The Balaban J connectivity index is 1.61. The van der Waals surface area contributed by atoms with Gasteiger partial charge < -0.3 is 30.1 Å². The van der Waals surface area contributed by atoms with Gasteiger partial charge in [-0.3, -0.25) is 9.59 Å². The van der Waals surface area contributed by atoms with Gasteiger partial charge in [0.05, 0.1) is 11.8 Å². The molecule has 0 saturated heterocycles. The van der Waals surface area contributed by atoms with Crippen LogP contribution in [0.1, 0.15) is 57.9 Å². The van der Waals surface area contributed by atoms with E-state index < -0.39 is 0 Å². The third-order valence-electron chi connectivity index (χ3n) is 5.91. The molecule has 1 fully saturated rings. The number of nitrogens with zero attached hydrogens (tertiary/aromatic N) is 3. The smallest absolute Gasteiger partial charge is 0.325 e. The Labute approximate surface area is 195 Å². The van der Waals surface area contributed by atoms with Crippen LogP contribution in [0.25, 0.3) is 0 Å². The summed E-state index contributed by atoms with van der Waals surface area (Å²) in [5.41, 5.74) is 7.59. The van der Waals surface area contributed by atoms with Crippen LogP contribution in [0.3, 0.4) is 0 Å². The fourth-order valence-electron chi connectivity index (χ4n) is 4.33. The van der Waals surface area contributed by atoms with E-state index in [0.717, 1.165) is 31.2 Å². The number of esters is 1. The molecule has 3 rings (SSSR count). The fraction of sp³-hybridized carbons (Fsp3) is 0.625. The Morgan fingerprint density at radius 1 is 1.27 bits per heavy atom. The van der Waals surface area contributed by atoms with Gasteiger partial charge in [-0.15, -0.1) is 0 Å². The zero-order valence-corrected chi connectivity index (χ0v) is 19.7. The lowest BCUT2D eigenvalue weighted by Crippen LogP contribution is -2.44. The van der Waals surface area contributed by atoms with Gasteiger partial charge in [0, 0.05) is 31.3 Å². The molecule has 0 aromatic heterocycles. The van der Waals surface area contributed by atoms with Gasteiger partial charge in [-0.2, -0.15) is 0 Å². The van der Waals surface area contributed by atoms with Gasteiger partial charge in [-0.05, 0) is 51.3 Å². The molecule has 1 aromatic rings. The Bertz CT molecular complexity index is 851. The summed E-state index contributed by atoms with van der Waals surface area (Å²) in [5, 5.41) is 9.23. The number of ether oxygens (including phenoxy) is 2.